The lowest BCUT2D eigenvalue weighted by molar-refractivity contribution is -0.113. The van der Waals surface area contributed by atoms with Gasteiger partial charge in [0.1, 0.15) is 11.5 Å². The number of rotatable bonds is 8. The van der Waals surface area contributed by atoms with Gasteiger partial charge < -0.3 is 19.4 Å². The summed E-state index contributed by atoms with van der Waals surface area (Å²) in [7, 11) is 3.45. The largest absolute Gasteiger partial charge is 0.495 e. The summed E-state index contributed by atoms with van der Waals surface area (Å²) in [5.74, 6) is 2.14. The molecule has 1 aromatic heterocycles. The second-order valence-electron chi connectivity index (χ2n) is 8.47. The third-order valence-electron chi connectivity index (χ3n) is 4.98. The number of anilines is 1. The van der Waals surface area contributed by atoms with Crippen LogP contribution in [0.15, 0.2) is 53.7 Å². The normalized spacial score (nSPS) is 12.3. The summed E-state index contributed by atoms with van der Waals surface area (Å²) < 4.78 is 13.2. The average molecular weight is 455 g/mol. The van der Waals surface area contributed by atoms with Gasteiger partial charge in [0.2, 0.25) is 5.91 Å². The van der Waals surface area contributed by atoms with Crippen LogP contribution in [0.3, 0.4) is 0 Å². The number of ether oxygens (including phenoxy) is 2. The maximum absolute atomic E-state index is 12.4. The van der Waals surface area contributed by atoms with Crippen LogP contribution in [-0.4, -0.2) is 33.5 Å². The summed E-state index contributed by atoms with van der Waals surface area (Å²) in [5, 5.41) is 12.0. The van der Waals surface area contributed by atoms with E-state index in [9.17, 15) is 4.79 Å². The average Bonchev–Trinajstić information content (AvgIpc) is 3.13. The molecule has 32 heavy (non-hydrogen) atoms. The van der Waals surface area contributed by atoms with Crippen molar-refractivity contribution in [1.82, 2.24) is 14.8 Å². The third-order valence-corrected chi connectivity index (χ3v) is 6.00. The first kappa shape index (κ1) is 23.7. The highest BCUT2D eigenvalue weighted by molar-refractivity contribution is 7.99. The molecule has 1 heterocycles. The molecule has 3 aromatic rings. The lowest BCUT2D eigenvalue weighted by Gasteiger charge is -2.20. The Kier molecular flexibility index (Phi) is 7.45. The number of carbonyl (C=O) groups is 1. The summed E-state index contributed by atoms with van der Waals surface area (Å²) in [6.07, 6.45) is -0.287. The van der Waals surface area contributed by atoms with E-state index in [4.69, 9.17) is 9.47 Å². The highest BCUT2D eigenvalue weighted by atomic mass is 32.2. The van der Waals surface area contributed by atoms with Crippen molar-refractivity contribution in [3.63, 3.8) is 0 Å². The minimum atomic E-state index is -0.287. The maximum atomic E-state index is 12.4. The van der Waals surface area contributed by atoms with Crippen molar-refractivity contribution < 1.29 is 14.3 Å². The molecule has 0 radical (unpaired) electrons. The molecule has 0 bridgehead atoms. The van der Waals surface area contributed by atoms with Crippen LogP contribution in [-0.2, 0) is 17.3 Å². The highest BCUT2D eigenvalue weighted by Crippen LogP contribution is 2.28. The van der Waals surface area contributed by atoms with Crippen LogP contribution >= 0.6 is 11.8 Å². The fourth-order valence-electron chi connectivity index (χ4n) is 3.16. The number of amides is 1. The van der Waals surface area contributed by atoms with E-state index < -0.39 is 0 Å². The number of para-hydroxylation sites is 2. The van der Waals surface area contributed by atoms with Gasteiger partial charge in [-0.25, -0.2) is 0 Å². The lowest BCUT2D eigenvalue weighted by atomic mass is 9.87. The van der Waals surface area contributed by atoms with Crippen molar-refractivity contribution >= 4 is 23.4 Å². The standard InChI is InChI=1S/C24H30N4O3S/c1-16(31-18-13-11-17(12-14-18)24(2,3)4)22-26-27-23(28(22)5)32-15-21(29)25-19-9-7-8-10-20(19)30-6/h7-14,16H,15H2,1-6H3,(H,25,29). The minimum absolute atomic E-state index is 0.0950. The molecule has 3 rings (SSSR count). The fraction of sp³-hybridized carbons (Fsp3) is 0.375. The van der Waals surface area contributed by atoms with E-state index in [0.717, 1.165) is 5.75 Å². The third kappa shape index (κ3) is 5.82. The Balaban J connectivity index is 1.59. The van der Waals surface area contributed by atoms with E-state index in [-0.39, 0.29) is 23.2 Å². The number of benzene rings is 2. The zero-order chi connectivity index (χ0) is 23.3. The van der Waals surface area contributed by atoms with E-state index in [1.165, 1.54) is 17.3 Å². The van der Waals surface area contributed by atoms with Crippen LogP contribution in [0.4, 0.5) is 5.69 Å². The maximum Gasteiger partial charge on any atom is 0.234 e. The summed E-state index contributed by atoms with van der Waals surface area (Å²) in [6.45, 7) is 8.48. The molecule has 8 heteroatoms. The molecular weight excluding hydrogens is 424 g/mol. The molecule has 0 aliphatic heterocycles. The van der Waals surface area contributed by atoms with E-state index in [0.29, 0.717) is 22.4 Å². The number of nitrogens with one attached hydrogen (secondary N) is 1. The zero-order valence-corrected chi connectivity index (χ0v) is 20.2. The Morgan fingerprint density at radius 1 is 1.12 bits per heavy atom. The van der Waals surface area contributed by atoms with Crippen LogP contribution in [0.2, 0.25) is 0 Å². The molecular formula is C24H30N4O3S. The first-order chi connectivity index (χ1) is 15.2. The lowest BCUT2D eigenvalue weighted by Crippen LogP contribution is -2.15. The Hall–Kier alpha value is -3.00. The predicted octanol–water partition coefficient (Wildman–Crippen LogP) is 4.99. The molecule has 0 aliphatic rings. The van der Waals surface area contributed by atoms with Crippen LogP contribution < -0.4 is 14.8 Å². The van der Waals surface area contributed by atoms with Gasteiger partial charge in [0.15, 0.2) is 17.1 Å². The van der Waals surface area contributed by atoms with Crippen molar-refractivity contribution in [2.24, 2.45) is 7.05 Å². The molecule has 0 fully saturated rings. The van der Waals surface area contributed by atoms with Crippen LogP contribution in [0.25, 0.3) is 0 Å². The van der Waals surface area contributed by atoms with E-state index in [1.54, 1.807) is 19.2 Å². The predicted molar refractivity (Wildman–Crippen MR) is 128 cm³/mol. The van der Waals surface area contributed by atoms with E-state index in [1.807, 2.05) is 42.8 Å². The Bertz CT molecular complexity index is 1060. The molecule has 0 spiro atoms. The highest BCUT2D eigenvalue weighted by Gasteiger charge is 2.19. The van der Waals surface area contributed by atoms with Crippen molar-refractivity contribution in [2.45, 2.75) is 44.4 Å². The van der Waals surface area contributed by atoms with Crippen LogP contribution in [0, 0.1) is 0 Å². The van der Waals surface area contributed by atoms with Crippen molar-refractivity contribution in [2.75, 3.05) is 18.2 Å². The molecule has 170 valence electrons. The molecule has 1 N–H and O–H groups in total. The van der Waals surface area contributed by atoms with Gasteiger partial charge in [0, 0.05) is 7.05 Å². The van der Waals surface area contributed by atoms with Gasteiger partial charge in [0.25, 0.3) is 0 Å². The number of hydrogen-bond donors (Lipinski definition) is 1. The molecule has 1 unspecified atom stereocenters. The Labute approximate surface area is 193 Å². The summed E-state index contributed by atoms with van der Waals surface area (Å²) in [5.41, 5.74) is 1.98. The monoisotopic (exact) mass is 454 g/mol. The molecule has 0 aliphatic carbocycles. The number of aromatic nitrogens is 3. The van der Waals surface area contributed by atoms with Gasteiger partial charge in [-0.05, 0) is 42.2 Å². The second-order valence-corrected chi connectivity index (χ2v) is 9.41. The van der Waals surface area contributed by atoms with Crippen molar-refractivity contribution in [3.05, 3.63) is 59.9 Å². The van der Waals surface area contributed by atoms with Gasteiger partial charge in [0.05, 0.1) is 18.6 Å². The smallest absolute Gasteiger partial charge is 0.234 e. The molecule has 1 amide bonds. The molecule has 2 aromatic carbocycles. The first-order valence-corrected chi connectivity index (χ1v) is 11.4. The van der Waals surface area contributed by atoms with Crippen LogP contribution in [0.5, 0.6) is 11.5 Å². The quantitative estimate of drug-likeness (QED) is 0.483. The minimum Gasteiger partial charge on any atom is -0.495 e. The number of carbonyl (C=O) groups excluding carboxylic acids is 1. The molecule has 1 atom stereocenters. The summed E-state index contributed by atoms with van der Waals surface area (Å²) in [4.78, 5) is 12.4. The van der Waals surface area contributed by atoms with Gasteiger partial charge >= 0.3 is 0 Å². The number of nitrogens with zero attached hydrogens (tertiary/aromatic N) is 3. The second kappa shape index (κ2) is 10.1. The molecule has 0 saturated carbocycles. The molecule has 0 saturated heterocycles. The van der Waals surface area contributed by atoms with Crippen LogP contribution in [0.1, 0.15) is 45.2 Å². The number of methoxy groups -OCH3 is 1. The summed E-state index contributed by atoms with van der Waals surface area (Å²) >= 11 is 1.32. The van der Waals surface area contributed by atoms with Crippen molar-refractivity contribution in [3.8, 4) is 11.5 Å². The fourth-order valence-corrected chi connectivity index (χ4v) is 3.88. The summed E-state index contributed by atoms with van der Waals surface area (Å²) in [6, 6.07) is 15.4. The molecule has 7 nitrogen and oxygen atoms in total. The van der Waals surface area contributed by atoms with Gasteiger partial charge in [-0.15, -0.1) is 10.2 Å². The number of thioether (sulfide) groups is 1. The Morgan fingerprint density at radius 3 is 2.47 bits per heavy atom. The van der Waals surface area contributed by atoms with Crippen molar-refractivity contribution in [1.29, 1.82) is 0 Å². The van der Waals surface area contributed by atoms with Gasteiger partial charge in [-0.2, -0.15) is 0 Å². The topological polar surface area (TPSA) is 78.3 Å². The van der Waals surface area contributed by atoms with Gasteiger partial charge in [-0.1, -0.05) is 56.8 Å². The first-order valence-electron chi connectivity index (χ1n) is 10.4. The van der Waals surface area contributed by atoms with E-state index in [2.05, 4.69) is 48.4 Å². The SMILES string of the molecule is COc1ccccc1NC(=O)CSc1nnc(C(C)Oc2ccc(C(C)(C)C)cc2)n1C. The van der Waals surface area contributed by atoms with Gasteiger partial charge in [-0.3, -0.25) is 4.79 Å². The Morgan fingerprint density at radius 2 is 1.81 bits per heavy atom. The zero-order valence-electron chi connectivity index (χ0n) is 19.4. The van der Waals surface area contributed by atoms with E-state index >= 15 is 0 Å². The number of hydrogen-bond acceptors (Lipinski definition) is 6.